The van der Waals surface area contributed by atoms with E-state index >= 15 is 0 Å². The van der Waals surface area contributed by atoms with Crippen molar-refractivity contribution in [2.24, 2.45) is 0 Å². The SMILES string of the molecule is COc1ccc(CNc2nc(Cl)nc(Cl)c2C(=O)O)cc1Cl. The number of ether oxygens (including phenoxy) is 1. The van der Waals surface area contributed by atoms with Crippen LogP contribution < -0.4 is 10.1 Å². The maximum Gasteiger partial charge on any atom is 0.342 e. The van der Waals surface area contributed by atoms with Gasteiger partial charge in [-0.3, -0.25) is 0 Å². The van der Waals surface area contributed by atoms with Gasteiger partial charge >= 0.3 is 5.97 Å². The lowest BCUT2D eigenvalue weighted by molar-refractivity contribution is 0.0697. The number of hydrogen-bond donors (Lipinski definition) is 2. The van der Waals surface area contributed by atoms with Crippen LogP contribution in [0.1, 0.15) is 15.9 Å². The fraction of sp³-hybridized carbons (Fsp3) is 0.154. The first kappa shape index (κ1) is 16.6. The van der Waals surface area contributed by atoms with Gasteiger partial charge in [0.25, 0.3) is 0 Å². The normalized spacial score (nSPS) is 10.4. The molecule has 1 aromatic carbocycles. The first-order valence-corrected chi connectivity index (χ1v) is 7.08. The molecule has 2 rings (SSSR count). The lowest BCUT2D eigenvalue weighted by atomic mass is 10.2. The molecule has 1 aromatic heterocycles. The van der Waals surface area contributed by atoms with Crippen molar-refractivity contribution in [1.29, 1.82) is 0 Å². The average Bonchev–Trinajstić information content (AvgIpc) is 2.44. The third-order valence-electron chi connectivity index (χ3n) is 2.73. The zero-order valence-corrected chi connectivity index (χ0v) is 13.5. The van der Waals surface area contributed by atoms with Crippen LogP contribution in [-0.2, 0) is 6.54 Å². The molecule has 0 saturated carbocycles. The van der Waals surface area contributed by atoms with E-state index in [0.717, 1.165) is 5.56 Å². The minimum atomic E-state index is -1.25. The summed E-state index contributed by atoms with van der Waals surface area (Å²) < 4.78 is 5.06. The predicted molar refractivity (Wildman–Crippen MR) is 84.3 cm³/mol. The van der Waals surface area contributed by atoms with Crippen LogP contribution in [0.4, 0.5) is 5.82 Å². The van der Waals surface area contributed by atoms with Crippen LogP contribution in [0.25, 0.3) is 0 Å². The van der Waals surface area contributed by atoms with Crippen LogP contribution in [0, 0.1) is 0 Å². The number of nitrogens with one attached hydrogen (secondary N) is 1. The van der Waals surface area contributed by atoms with Gasteiger partial charge < -0.3 is 15.2 Å². The van der Waals surface area contributed by atoms with Crippen LogP contribution in [-0.4, -0.2) is 28.2 Å². The molecule has 2 N–H and O–H groups in total. The fourth-order valence-electron chi connectivity index (χ4n) is 1.73. The number of carbonyl (C=O) groups is 1. The minimum Gasteiger partial charge on any atom is -0.495 e. The zero-order valence-electron chi connectivity index (χ0n) is 11.2. The van der Waals surface area contributed by atoms with Gasteiger partial charge in [-0.05, 0) is 29.3 Å². The highest BCUT2D eigenvalue weighted by Crippen LogP contribution is 2.26. The van der Waals surface area contributed by atoms with Crippen LogP contribution in [0.5, 0.6) is 5.75 Å². The molecule has 9 heteroatoms. The number of carboxylic acid groups (broad SMARTS) is 1. The minimum absolute atomic E-state index is 0.0319. The second kappa shape index (κ2) is 7.00. The molecule has 0 bridgehead atoms. The molecule has 22 heavy (non-hydrogen) atoms. The van der Waals surface area contributed by atoms with Gasteiger partial charge in [0.05, 0.1) is 12.1 Å². The zero-order chi connectivity index (χ0) is 16.3. The Labute approximate surface area is 141 Å². The van der Waals surface area contributed by atoms with Gasteiger partial charge in [0.2, 0.25) is 5.28 Å². The maximum atomic E-state index is 11.2. The fourth-order valence-corrected chi connectivity index (χ4v) is 2.47. The molecule has 0 aliphatic carbocycles. The molecule has 2 aromatic rings. The second-order valence-electron chi connectivity index (χ2n) is 4.13. The summed E-state index contributed by atoms with van der Waals surface area (Å²) in [6, 6.07) is 5.18. The molecule has 0 fully saturated rings. The van der Waals surface area contributed by atoms with Crippen molar-refractivity contribution in [1.82, 2.24) is 9.97 Å². The van der Waals surface area contributed by atoms with Crippen molar-refractivity contribution in [3.8, 4) is 5.75 Å². The summed E-state index contributed by atoms with van der Waals surface area (Å²) in [5.74, 6) is -0.675. The first-order valence-electron chi connectivity index (χ1n) is 5.95. The molecule has 0 amide bonds. The maximum absolute atomic E-state index is 11.2. The van der Waals surface area contributed by atoms with Gasteiger partial charge in [0.15, 0.2) is 5.15 Å². The lowest BCUT2D eigenvalue weighted by Gasteiger charge is -2.11. The average molecular weight is 363 g/mol. The molecule has 6 nitrogen and oxygen atoms in total. The second-order valence-corrected chi connectivity index (χ2v) is 5.24. The molecule has 116 valence electrons. The van der Waals surface area contributed by atoms with Crippen LogP contribution in [0.2, 0.25) is 15.5 Å². The van der Waals surface area contributed by atoms with Crippen molar-refractivity contribution in [3.05, 3.63) is 44.8 Å². The molecule has 0 aliphatic heterocycles. The smallest absolute Gasteiger partial charge is 0.342 e. The molecular weight excluding hydrogens is 353 g/mol. The van der Waals surface area contributed by atoms with Crippen LogP contribution in [0.3, 0.4) is 0 Å². The summed E-state index contributed by atoms with van der Waals surface area (Å²) in [7, 11) is 1.52. The Balaban J connectivity index is 2.25. The Kier molecular flexibility index (Phi) is 5.28. The van der Waals surface area contributed by atoms with Crippen molar-refractivity contribution in [2.75, 3.05) is 12.4 Å². The lowest BCUT2D eigenvalue weighted by Crippen LogP contribution is -2.10. The van der Waals surface area contributed by atoms with Crippen LogP contribution in [0.15, 0.2) is 18.2 Å². The number of aromatic carboxylic acids is 1. The van der Waals surface area contributed by atoms with E-state index in [1.54, 1.807) is 18.2 Å². The largest absolute Gasteiger partial charge is 0.495 e. The van der Waals surface area contributed by atoms with Crippen molar-refractivity contribution < 1.29 is 14.6 Å². The number of halogens is 3. The number of methoxy groups -OCH3 is 1. The summed E-state index contributed by atoms with van der Waals surface area (Å²) in [6.07, 6.45) is 0. The summed E-state index contributed by atoms with van der Waals surface area (Å²) in [4.78, 5) is 18.7. The van der Waals surface area contributed by atoms with Gasteiger partial charge in [-0.15, -0.1) is 0 Å². The third-order valence-corrected chi connectivity index (χ3v) is 3.47. The number of anilines is 1. The van der Waals surface area contributed by atoms with Gasteiger partial charge in [0.1, 0.15) is 17.1 Å². The Morgan fingerprint density at radius 1 is 1.32 bits per heavy atom. The van der Waals surface area contributed by atoms with Gasteiger partial charge in [-0.2, -0.15) is 4.98 Å². The Morgan fingerprint density at radius 3 is 2.64 bits per heavy atom. The molecule has 0 aliphatic rings. The Morgan fingerprint density at radius 2 is 2.05 bits per heavy atom. The number of hydrogen-bond acceptors (Lipinski definition) is 5. The molecule has 1 heterocycles. The van der Waals surface area contributed by atoms with Gasteiger partial charge in [-0.1, -0.05) is 29.3 Å². The van der Waals surface area contributed by atoms with E-state index in [9.17, 15) is 4.79 Å². The number of aromatic nitrogens is 2. The summed E-state index contributed by atoms with van der Waals surface area (Å²) in [6.45, 7) is 0.271. The number of benzene rings is 1. The third kappa shape index (κ3) is 3.71. The van der Waals surface area contributed by atoms with Gasteiger partial charge in [-0.25, -0.2) is 9.78 Å². The van der Waals surface area contributed by atoms with Crippen molar-refractivity contribution in [3.63, 3.8) is 0 Å². The van der Waals surface area contributed by atoms with E-state index in [1.807, 2.05) is 0 Å². The number of carboxylic acids is 1. The van der Waals surface area contributed by atoms with Crippen molar-refractivity contribution >= 4 is 46.6 Å². The quantitative estimate of drug-likeness (QED) is 0.622. The van der Waals surface area contributed by atoms with Crippen molar-refractivity contribution in [2.45, 2.75) is 6.54 Å². The molecule has 0 radical (unpaired) electrons. The Bertz CT molecular complexity index is 725. The van der Waals surface area contributed by atoms with E-state index in [4.69, 9.17) is 44.6 Å². The topological polar surface area (TPSA) is 84.3 Å². The van der Waals surface area contributed by atoms with Crippen LogP contribution >= 0.6 is 34.8 Å². The molecule has 0 unspecified atom stereocenters. The predicted octanol–water partition coefficient (Wildman–Crippen LogP) is 3.76. The first-order chi connectivity index (χ1) is 10.4. The van der Waals surface area contributed by atoms with E-state index in [1.165, 1.54) is 7.11 Å². The highest BCUT2D eigenvalue weighted by atomic mass is 35.5. The Hall–Kier alpha value is -1.76. The number of rotatable bonds is 5. The highest BCUT2D eigenvalue weighted by Gasteiger charge is 2.19. The number of nitrogens with zero attached hydrogens (tertiary/aromatic N) is 2. The van der Waals surface area contributed by atoms with E-state index in [-0.39, 0.29) is 28.4 Å². The highest BCUT2D eigenvalue weighted by molar-refractivity contribution is 6.34. The molecule has 0 atom stereocenters. The summed E-state index contributed by atoms with van der Waals surface area (Å²) in [5.41, 5.74) is 0.554. The molecule has 0 spiro atoms. The van der Waals surface area contributed by atoms with E-state index in [0.29, 0.717) is 10.8 Å². The van der Waals surface area contributed by atoms with Gasteiger partial charge in [0, 0.05) is 6.54 Å². The van der Waals surface area contributed by atoms with E-state index < -0.39 is 5.97 Å². The summed E-state index contributed by atoms with van der Waals surface area (Å²) in [5, 5.41) is 12.1. The monoisotopic (exact) mass is 361 g/mol. The van der Waals surface area contributed by atoms with E-state index in [2.05, 4.69) is 15.3 Å². The standard InChI is InChI=1S/C13H10Cl3N3O3/c1-22-8-3-2-6(4-7(8)14)5-17-11-9(12(20)21)10(15)18-13(16)19-11/h2-4H,5H2,1H3,(H,20,21)(H,17,18,19). The summed E-state index contributed by atoms with van der Waals surface area (Å²) >= 11 is 17.5. The molecular formula is C13H10Cl3N3O3. The molecule has 0 saturated heterocycles.